The van der Waals surface area contributed by atoms with Gasteiger partial charge in [-0.25, -0.2) is 4.68 Å². The fourth-order valence-electron chi connectivity index (χ4n) is 4.12. The molecule has 2 aromatic rings. The zero-order valence-electron chi connectivity index (χ0n) is 16.4. The Hall–Kier alpha value is -2.84. The molecule has 9 heteroatoms. The van der Waals surface area contributed by atoms with Crippen molar-refractivity contribution in [3.8, 4) is 5.69 Å². The van der Waals surface area contributed by atoms with Gasteiger partial charge in [-0.3, -0.25) is 9.59 Å². The summed E-state index contributed by atoms with van der Waals surface area (Å²) in [5.41, 5.74) is -0.0702. The second kappa shape index (κ2) is 8.12. The number of hydrogen-bond donors (Lipinski definition) is 0. The van der Waals surface area contributed by atoms with Crippen molar-refractivity contribution in [3.63, 3.8) is 0 Å². The summed E-state index contributed by atoms with van der Waals surface area (Å²) in [7, 11) is 0. The summed E-state index contributed by atoms with van der Waals surface area (Å²) >= 11 is 0. The maximum absolute atomic E-state index is 12.8. The quantitative estimate of drug-likeness (QED) is 0.765. The zero-order chi connectivity index (χ0) is 21.3. The minimum Gasteiger partial charge on any atom is -0.339 e. The first kappa shape index (κ1) is 20.4. The molecule has 0 N–H and O–H groups in total. The highest BCUT2D eigenvalue weighted by Crippen LogP contribution is 2.28. The molecule has 1 saturated carbocycles. The summed E-state index contributed by atoms with van der Waals surface area (Å²) in [6.45, 7) is 2.03. The van der Waals surface area contributed by atoms with E-state index in [1.54, 1.807) is 29.2 Å². The second-order valence-electron chi connectivity index (χ2n) is 7.79. The maximum Gasteiger partial charge on any atom is 0.435 e. The van der Waals surface area contributed by atoms with Crippen LogP contribution in [-0.2, 0) is 11.0 Å². The summed E-state index contributed by atoms with van der Waals surface area (Å²) < 4.78 is 39.3. The minimum atomic E-state index is -4.50. The molecular formula is C21H23F3N4O2. The van der Waals surface area contributed by atoms with Gasteiger partial charge in [0.15, 0.2) is 5.69 Å². The number of halogens is 3. The van der Waals surface area contributed by atoms with Gasteiger partial charge in [0.1, 0.15) is 0 Å². The molecule has 6 nitrogen and oxygen atoms in total. The third-order valence-corrected chi connectivity index (χ3v) is 5.84. The maximum atomic E-state index is 12.8. The van der Waals surface area contributed by atoms with Crippen molar-refractivity contribution < 1.29 is 22.8 Å². The average molecular weight is 420 g/mol. The van der Waals surface area contributed by atoms with Gasteiger partial charge in [-0.1, -0.05) is 12.8 Å². The Morgan fingerprint density at radius 3 is 2.07 bits per heavy atom. The first-order chi connectivity index (χ1) is 14.3. The topological polar surface area (TPSA) is 58.4 Å². The Kier molecular flexibility index (Phi) is 5.53. The molecule has 1 aliphatic carbocycles. The first-order valence-electron chi connectivity index (χ1n) is 10.1. The molecule has 1 aromatic carbocycles. The molecule has 0 atom stereocenters. The average Bonchev–Trinajstić information content (AvgIpc) is 3.45. The SMILES string of the molecule is O=C(c1ccc(-n2ccc(C(F)(F)F)n2)cc1)N1CCN(C(=O)C2CCCC2)CC1. The van der Waals surface area contributed by atoms with Crippen LogP contribution in [0.2, 0.25) is 0 Å². The van der Waals surface area contributed by atoms with Crippen LogP contribution in [0.25, 0.3) is 5.69 Å². The summed E-state index contributed by atoms with van der Waals surface area (Å²) in [6.07, 6.45) is 0.889. The van der Waals surface area contributed by atoms with Gasteiger partial charge >= 0.3 is 6.18 Å². The molecule has 0 bridgehead atoms. The molecule has 2 amide bonds. The van der Waals surface area contributed by atoms with Gasteiger partial charge in [0.25, 0.3) is 5.91 Å². The van der Waals surface area contributed by atoms with Gasteiger partial charge in [0, 0.05) is 43.9 Å². The molecule has 0 radical (unpaired) electrons. The molecule has 2 aliphatic rings. The molecule has 30 heavy (non-hydrogen) atoms. The fourth-order valence-corrected chi connectivity index (χ4v) is 4.12. The van der Waals surface area contributed by atoms with E-state index in [0.29, 0.717) is 37.4 Å². The lowest BCUT2D eigenvalue weighted by atomic mass is 10.1. The van der Waals surface area contributed by atoms with Crippen molar-refractivity contribution in [3.05, 3.63) is 47.8 Å². The Bertz CT molecular complexity index is 909. The first-order valence-corrected chi connectivity index (χ1v) is 10.1. The third-order valence-electron chi connectivity index (χ3n) is 5.84. The van der Waals surface area contributed by atoms with Crippen LogP contribution in [0.5, 0.6) is 0 Å². The van der Waals surface area contributed by atoms with E-state index in [9.17, 15) is 22.8 Å². The molecule has 1 aliphatic heterocycles. The lowest BCUT2D eigenvalue weighted by Crippen LogP contribution is -2.51. The van der Waals surface area contributed by atoms with E-state index in [0.717, 1.165) is 36.4 Å². The monoisotopic (exact) mass is 420 g/mol. The number of rotatable bonds is 3. The predicted molar refractivity (Wildman–Crippen MR) is 103 cm³/mol. The zero-order valence-corrected chi connectivity index (χ0v) is 16.4. The number of benzene rings is 1. The van der Waals surface area contributed by atoms with Gasteiger partial charge in [0.05, 0.1) is 5.69 Å². The third kappa shape index (κ3) is 4.20. The van der Waals surface area contributed by atoms with Crippen molar-refractivity contribution in [1.29, 1.82) is 0 Å². The van der Waals surface area contributed by atoms with E-state index in [4.69, 9.17) is 0 Å². The molecular weight excluding hydrogens is 397 g/mol. The van der Waals surface area contributed by atoms with Gasteiger partial charge in [-0.15, -0.1) is 0 Å². The van der Waals surface area contributed by atoms with Crippen LogP contribution in [0.4, 0.5) is 13.2 Å². The number of aromatic nitrogens is 2. The molecule has 0 unspecified atom stereocenters. The summed E-state index contributed by atoms with van der Waals surface area (Å²) in [5, 5.41) is 3.53. The van der Waals surface area contributed by atoms with Crippen LogP contribution in [0.15, 0.2) is 36.5 Å². The van der Waals surface area contributed by atoms with Crippen LogP contribution in [0.1, 0.15) is 41.7 Å². The van der Waals surface area contributed by atoms with Crippen LogP contribution in [-0.4, -0.2) is 57.6 Å². The van der Waals surface area contributed by atoms with Gasteiger partial charge < -0.3 is 9.80 Å². The number of hydrogen-bond acceptors (Lipinski definition) is 3. The van der Waals surface area contributed by atoms with Crippen molar-refractivity contribution in [1.82, 2.24) is 19.6 Å². The molecule has 2 fully saturated rings. The Morgan fingerprint density at radius 2 is 1.50 bits per heavy atom. The summed E-state index contributed by atoms with van der Waals surface area (Å²) in [5.74, 6) is 0.201. The predicted octanol–water partition coefficient (Wildman–Crippen LogP) is 3.37. The number of nitrogens with zero attached hydrogens (tertiary/aromatic N) is 4. The normalized spacial score (nSPS) is 18.1. The lowest BCUT2D eigenvalue weighted by molar-refractivity contribution is -0.141. The molecule has 1 saturated heterocycles. The second-order valence-corrected chi connectivity index (χ2v) is 7.79. The van der Waals surface area contributed by atoms with Crippen LogP contribution in [0.3, 0.4) is 0 Å². The lowest BCUT2D eigenvalue weighted by Gasteiger charge is -2.36. The van der Waals surface area contributed by atoms with Crippen molar-refractivity contribution in [2.24, 2.45) is 5.92 Å². The molecule has 0 spiro atoms. The Morgan fingerprint density at radius 1 is 0.900 bits per heavy atom. The Labute approximate surface area is 172 Å². The van der Waals surface area contributed by atoms with E-state index in [1.165, 1.54) is 6.20 Å². The summed E-state index contributed by atoms with van der Waals surface area (Å²) in [6, 6.07) is 7.22. The minimum absolute atomic E-state index is 0.139. The highest BCUT2D eigenvalue weighted by Gasteiger charge is 2.34. The van der Waals surface area contributed by atoms with Gasteiger partial charge in [-0.2, -0.15) is 18.3 Å². The van der Waals surface area contributed by atoms with Crippen LogP contribution >= 0.6 is 0 Å². The van der Waals surface area contributed by atoms with Crippen molar-refractivity contribution in [2.75, 3.05) is 26.2 Å². The van der Waals surface area contributed by atoms with E-state index in [1.807, 2.05) is 4.90 Å². The smallest absolute Gasteiger partial charge is 0.339 e. The summed E-state index contributed by atoms with van der Waals surface area (Å²) in [4.78, 5) is 28.9. The van der Waals surface area contributed by atoms with Crippen molar-refractivity contribution in [2.45, 2.75) is 31.9 Å². The van der Waals surface area contributed by atoms with Crippen molar-refractivity contribution >= 4 is 11.8 Å². The van der Waals surface area contributed by atoms with Crippen LogP contribution in [0, 0.1) is 5.92 Å². The molecule has 160 valence electrons. The number of amides is 2. The van der Waals surface area contributed by atoms with E-state index >= 15 is 0 Å². The van der Waals surface area contributed by atoms with Crippen LogP contribution < -0.4 is 0 Å². The number of alkyl halides is 3. The van der Waals surface area contributed by atoms with E-state index in [2.05, 4.69) is 5.10 Å². The van der Waals surface area contributed by atoms with Gasteiger partial charge in [0.2, 0.25) is 5.91 Å². The van der Waals surface area contributed by atoms with E-state index < -0.39 is 11.9 Å². The number of carbonyl (C=O) groups excluding carboxylic acids is 2. The van der Waals surface area contributed by atoms with Gasteiger partial charge in [-0.05, 0) is 43.2 Å². The molecule has 1 aromatic heterocycles. The standard InChI is InChI=1S/C21H23F3N4O2/c22-21(23,24)18-9-10-28(25-18)17-7-5-16(6-8-17)20(30)27-13-11-26(12-14-27)19(29)15-3-1-2-4-15/h5-10,15H,1-4,11-14H2. The Balaban J connectivity index is 1.36. The molecule has 2 heterocycles. The van der Waals surface area contributed by atoms with E-state index in [-0.39, 0.29) is 17.7 Å². The molecule has 4 rings (SSSR count). The number of piperazine rings is 1. The number of carbonyl (C=O) groups is 2. The fraction of sp³-hybridized carbons (Fsp3) is 0.476. The largest absolute Gasteiger partial charge is 0.435 e. The highest BCUT2D eigenvalue weighted by atomic mass is 19.4. The highest BCUT2D eigenvalue weighted by molar-refractivity contribution is 5.94.